The van der Waals surface area contributed by atoms with Gasteiger partial charge in [0, 0.05) is 19.5 Å². The van der Waals surface area contributed by atoms with E-state index in [1.807, 2.05) is 6.92 Å². The Morgan fingerprint density at radius 1 is 1.29 bits per heavy atom. The maximum absolute atomic E-state index is 11.9. The number of hydrogen-bond acceptors (Lipinski definition) is 5. The minimum atomic E-state index is -0.216. The average Bonchev–Trinajstić information content (AvgIpc) is 2.43. The lowest BCUT2D eigenvalue weighted by Crippen LogP contribution is -2.44. The van der Waals surface area contributed by atoms with Gasteiger partial charge in [-0.15, -0.1) is 0 Å². The van der Waals surface area contributed by atoms with Gasteiger partial charge in [-0.1, -0.05) is 20.8 Å². The zero-order valence-electron chi connectivity index (χ0n) is 13.9. The van der Waals surface area contributed by atoms with Gasteiger partial charge in [0.1, 0.15) is 0 Å². The van der Waals surface area contributed by atoms with Crippen molar-refractivity contribution in [1.29, 1.82) is 0 Å². The highest BCUT2D eigenvalue weighted by molar-refractivity contribution is 5.78. The molecule has 0 aliphatic heterocycles. The molecule has 6 nitrogen and oxygen atoms in total. The van der Waals surface area contributed by atoms with Crippen LogP contribution in [0.25, 0.3) is 0 Å². The van der Waals surface area contributed by atoms with Crippen LogP contribution in [0.1, 0.15) is 40.5 Å². The molecule has 0 aliphatic rings. The summed E-state index contributed by atoms with van der Waals surface area (Å²) >= 11 is 0. The van der Waals surface area contributed by atoms with E-state index in [1.165, 1.54) is 0 Å². The molecule has 0 spiro atoms. The van der Waals surface area contributed by atoms with E-state index < -0.39 is 0 Å². The second kappa shape index (κ2) is 10.6. The number of hydrogen-bond donors (Lipinski definition) is 2. The van der Waals surface area contributed by atoms with Gasteiger partial charge in [0.2, 0.25) is 5.91 Å². The van der Waals surface area contributed by atoms with Crippen LogP contribution in [-0.2, 0) is 14.3 Å². The number of carbonyl (C=O) groups excluding carboxylic acids is 2. The van der Waals surface area contributed by atoms with Crippen molar-refractivity contribution in [3.05, 3.63) is 0 Å². The Labute approximate surface area is 128 Å². The highest BCUT2D eigenvalue weighted by Crippen LogP contribution is 2.14. The zero-order chi connectivity index (χ0) is 16.3. The van der Waals surface area contributed by atoms with Crippen LogP contribution in [0.3, 0.4) is 0 Å². The number of amides is 1. The van der Waals surface area contributed by atoms with E-state index in [0.717, 1.165) is 13.1 Å². The van der Waals surface area contributed by atoms with E-state index >= 15 is 0 Å². The molecule has 0 rings (SSSR count). The molecular weight excluding hydrogens is 270 g/mol. The molecule has 6 heteroatoms. The summed E-state index contributed by atoms with van der Waals surface area (Å²) < 4.78 is 4.83. The van der Waals surface area contributed by atoms with Gasteiger partial charge in [0.15, 0.2) is 0 Å². The number of likely N-dealkylation sites (N-methyl/N-ethyl adjacent to an activating group) is 1. The van der Waals surface area contributed by atoms with Crippen molar-refractivity contribution in [3.63, 3.8) is 0 Å². The highest BCUT2D eigenvalue weighted by Gasteiger charge is 2.20. The molecule has 1 amide bonds. The van der Waals surface area contributed by atoms with Gasteiger partial charge in [-0.25, -0.2) is 0 Å². The molecule has 0 aromatic heterocycles. The summed E-state index contributed by atoms with van der Waals surface area (Å²) in [6.45, 7) is 11.4. The first kappa shape index (κ1) is 19.9. The molecule has 3 N–H and O–H groups in total. The quantitative estimate of drug-likeness (QED) is 0.434. The van der Waals surface area contributed by atoms with Crippen LogP contribution in [0.5, 0.6) is 0 Å². The van der Waals surface area contributed by atoms with Crippen molar-refractivity contribution in [2.24, 2.45) is 11.1 Å². The predicted octanol–water partition coefficient (Wildman–Crippen LogP) is 0.753. The minimum Gasteiger partial charge on any atom is -0.466 e. The van der Waals surface area contributed by atoms with Crippen LogP contribution in [-0.4, -0.2) is 56.1 Å². The third-order valence-corrected chi connectivity index (χ3v) is 3.20. The molecule has 0 aromatic rings. The molecule has 0 fully saturated rings. The Balaban J connectivity index is 3.93. The predicted molar refractivity (Wildman–Crippen MR) is 83.8 cm³/mol. The van der Waals surface area contributed by atoms with Crippen molar-refractivity contribution in [3.8, 4) is 0 Å². The molecule has 0 aliphatic carbocycles. The molecule has 0 heterocycles. The first-order valence-corrected chi connectivity index (χ1v) is 7.69. The van der Waals surface area contributed by atoms with Crippen LogP contribution in [0.2, 0.25) is 0 Å². The van der Waals surface area contributed by atoms with E-state index in [0.29, 0.717) is 39.1 Å². The molecule has 0 saturated heterocycles. The summed E-state index contributed by atoms with van der Waals surface area (Å²) in [6.07, 6.45) is 0.941. The number of nitrogens with two attached hydrogens (primary N) is 1. The van der Waals surface area contributed by atoms with Crippen LogP contribution in [0.15, 0.2) is 0 Å². The summed E-state index contributed by atoms with van der Waals surface area (Å²) in [5, 5.41) is 2.83. The lowest BCUT2D eigenvalue weighted by atomic mass is 9.93. The van der Waals surface area contributed by atoms with Gasteiger partial charge in [-0.05, 0) is 31.8 Å². The van der Waals surface area contributed by atoms with E-state index in [1.54, 1.807) is 6.92 Å². The topological polar surface area (TPSA) is 84.7 Å². The van der Waals surface area contributed by atoms with Gasteiger partial charge >= 0.3 is 5.97 Å². The largest absolute Gasteiger partial charge is 0.466 e. The van der Waals surface area contributed by atoms with Crippen molar-refractivity contribution in [2.45, 2.75) is 40.5 Å². The number of rotatable bonds is 11. The first-order chi connectivity index (χ1) is 9.84. The standard InChI is InChI=1S/C15H31N3O3/c1-5-18(12-15(3,4)11-16)10-13(19)17-9-7-8-14(20)21-6-2/h5-12,16H2,1-4H3,(H,17,19). The van der Waals surface area contributed by atoms with Gasteiger partial charge < -0.3 is 15.8 Å². The molecule has 0 atom stereocenters. The zero-order valence-corrected chi connectivity index (χ0v) is 13.9. The Morgan fingerprint density at radius 3 is 2.48 bits per heavy atom. The second-order valence-corrected chi connectivity index (χ2v) is 5.93. The summed E-state index contributed by atoms with van der Waals surface area (Å²) in [6, 6.07) is 0. The summed E-state index contributed by atoms with van der Waals surface area (Å²) in [5.41, 5.74) is 5.72. The molecule has 0 unspecified atom stereocenters. The van der Waals surface area contributed by atoms with Crippen molar-refractivity contribution in [2.75, 3.05) is 39.3 Å². The second-order valence-electron chi connectivity index (χ2n) is 5.93. The Morgan fingerprint density at radius 2 is 1.95 bits per heavy atom. The van der Waals surface area contributed by atoms with Crippen molar-refractivity contribution >= 4 is 11.9 Å². The van der Waals surface area contributed by atoms with Crippen LogP contribution in [0.4, 0.5) is 0 Å². The number of carbonyl (C=O) groups is 2. The Kier molecular flexibility index (Phi) is 9.99. The monoisotopic (exact) mass is 301 g/mol. The Bertz CT molecular complexity index is 319. The van der Waals surface area contributed by atoms with E-state index in [9.17, 15) is 9.59 Å². The summed E-state index contributed by atoms with van der Waals surface area (Å²) in [7, 11) is 0. The Hall–Kier alpha value is -1.14. The molecule has 0 radical (unpaired) electrons. The van der Waals surface area contributed by atoms with Crippen molar-refractivity contribution < 1.29 is 14.3 Å². The number of nitrogens with one attached hydrogen (secondary N) is 1. The third-order valence-electron chi connectivity index (χ3n) is 3.20. The fourth-order valence-electron chi connectivity index (χ4n) is 1.90. The summed E-state index contributed by atoms with van der Waals surface area (Å²) in [5.74, 6) is -0.236. The van der Waals surface area contributed by atoms with Crippen LogP contribution in [0, 0.1) is 5.41 Å². The van der Waals surface area contributed by atoms with E-state index in [4.69, 9.17) is 10.5 Å². The number of ether oxygens (including phenoxy) is 1. The number of esters is 1. The van der Waals surface area contributed by atoms with Crippen LogP contribution >= 0.6 is 0 Å². The molecular formula is C15H31N3O3. The fourth-order valence-corrected chi connectivity index (χ4v) is 1.90. The van der Waals surface area contributed by atoms with E-state index in [2.05, 4.69) is 24.1 Å². The average molecular weight is 301 g/mol. The lowest BCUT2D eigenvalue weighted by Gasteiger charge is -2.30. The minimum absolute atomic E-state index is 0.000199. The molecule has 0 saturated carbocycles. The highest BCUT2D eigenvalue weighted by atomic mass is 16.5. The smallest absolute Gasteiger partial charge is 0.305 e. The fraction of sp³-hybridized carbons (Fsp3) is 0.867. The van der Waals surface area contributed by atoms with Crippen LogP contribution < -0.4 is 11.1 Å². The van der Waals surface area contributed by atoms with Gasteiger partial charge in [-0.3, -0.25) is 14.5 Å². The summed E-state index contributed by atoms with van der Waals surface area (Å²) in [4.78, 5) is 25.1. The molecule has 0 bridgehead atoms. The molecule has 0 aromatic carbocycles. The first-order valence-electron chi connectivity index (χ1n) is 7.69. The van der Waals surface area contributed by atoms with E-state index in [-0.39, 0.29) is 17.3 Å². The molecule has 124 valence electrons. The third kappa shape index (κ3) is 10.3. The van der Waals surface area contributed by atoms with Gasteiger partial charge in [-0.2, -0.15) is 0 Å². The van der Waals surface area contributed by atoms with Gasteiger partial charge in [0.05, 0.1) is 13.2 Å². The van der Waals surface area contributed by atoms with Gasteiger partial charge in [0.25, 0.3) is 0 Å². The maximum atomic E-state index is 11.9. The maximum Gasteiger partial charge on any atom is 0.305 e. The SMILES string of the molecule is CCOC(=O)CCCNC(=O)CN(CC)CC(C)(C)CN. The lowest BCUT2D eigenvalue weighted by molar-refractivity contribution is -0.143. The molecule has 21 heavy (non-hydrogen) atoms. The number of nitrogens with zero attached hydrogens (tertiary/aromatic N) is 1. The normalized spacial score (nSPS) is 11.5. The van der Waals surface area contributed by atoms with Crippen molar-refractivity contribution in [1.82, 2.24) is 10.2 Å².